The first-order chi connectivity index (χ1) is 17.4. The van der Waals surface area contributed by atoms with Gasteiger partial charge in [-0.15, -0.1) is 0 Å². The number of nitrogens with zero attached hydrogens (tertiary/aromatic N) is 4. The van der Waals surface area contributed by atoms with Crippen molar-refractivity contribution in [2.24, 2.45) is 0 Å². The van der Waals surface area contributed by atoms with Crippen molar-refractivity contribution < 1.29 is 34.9 Å². The van der Waals surface area contributed by atoms with Crippen LogP contribution in [0.3, 0.4) is 0 Å². The first-order valence-corrected chi connectivity index (χ1v) is 11.2. The summed E-state index contributed by atoms with van der Waals surface area (Å²) in [6.45, 7) is 0.583. The molecule has 0 spiro atoms. The second kappa shape index (κ2) is 10.7. The average Bonchev–Trinajstić information content (AvgIpc) is 3.20. The van der Waals surface area contributed by atoms with E-state index in [1.165, 1.54) is 22.9 Å². The molecule has 0 aliphatic heterocycles. The molecule has 3 aromatic carbocycles. The van der Waals surface area contributed by atoms with E-state index in [0.717, 1.165) is 22.2 Å². The number of aromatic nitrogens is 4. The maximum atomic E-state index is 12.5. The predicted molar refractivity (Wildman–Crippen MR) is 137 cm³/mol. The van der Waals surface area contributed by atoms with Gasteiger partial charge in [0, 0.05) is 17.2 Å². The number of nitrogens with two attached hydrogens (primary N) is 1. The van der Waals surface area contributed by atoms with Gasteiger partial charge in [0.15, 0.2) is 0 Å². The number of ether oxygens (including phenoxy) is 1. The van der Waals surface area contributed by atoms with E-state index in [0.29, 0.717) is 29.5 Å². The fourth-order valence-electron chi connectivity index (χ4n) is 4.18. The van der Waals surface area contributed by atoms with E-state index >= 15 is 0 Å². The van der Waals surface area contributed by atoms with Gasteiger partial charge in [-0.2, -0.15) is 5.10 Å². The van der Waals surface area contributed by atoms with Gasteiger partial charge in [0.05, 0.1) is 42.5 Å². The van der Waals surface area contributed by atoms with Crippen molar-refractivity contribution in [3.05, 3.63) is 106 Å². The van der Waals surface area contributed by atoms with Gasteiger partial charge in [-0.05, 0) is 54.1 Å². The Morgan fingerprint density at radius 1 is 1.03 bits per heavy atom. The van der Waals surface area contributed by atoms with E-state index in [9.17, 15) is 14.7 Å². The number of carboxylic acid groups (broad SMARTS) is 1. The molecule has 0 atom stereocenters. The third kappa shape index (κ3) is 5.28. The molecule has 2 heterocycles. The van der Waals surface area contributed by atoms with Gasteiger partial charge in [0.1, 0.15) is 5.75 Å². The van der Waals surface area contributed by atoms with Crippen molar-refractivity contribution in [2.75, 3.05) is 12.8 Å². The molecule has 182 valence electrons. The molecule has 0 amide bonds. The first kappa shape index (κ1) is 25.8. The van der Waals surface area contributed by atoms with Crippen LogP contribution in [0.4, 0.5) is 5.95 Å². The summed E-state index contributed by atoms with van der Waals surface area (Å²) < 4.78 is 8.83. The largest absolute Gasteiger partial charge is 1.00 e. The van der Waals surface area contributed by atoms with Crippen LogP contribution in [0, 0.1) is 0 Å². The molecule has 9 nitrogen and oxygen atoms in total. The van der Waals surface area contributed by atoms with Crippen LogP contribution in [0.5, 0.6) is 5.75 Å². The SMILES string of the molecule is COc1ccc(-c2ccc(=O)n(Cc3cccc(C(=O)O)c3)n2)cc1Cn1c(N)nc2ccccc21.[H-].[Li+]. The van der Waals surface area contributed by atoms with Gasteiger partial charge in [0.25, 0.3) is 5.56 Å². The second-order valence-electron chi connectivity index (χ2n) is 8.29. The number of imidazole rings is 1. The first-order valence-electron chi connectivity index (χ1n) is 11.2. The monoisotopic (exact) mass is 489 g/mol. The summed E-state index contributed by atoms with van der Waals surface area (Å²) in [7, 11) is 1.61. The van der Waals surface area contributed by atoms with Crippen LogP contribution in [0.25, 0.3) is 22.3 Å². The smallest absolute Gasteiger partial charge is 1.00 e. The summed E-state index contributed by atoms with van der Waals surface area (Å²) in [5.41, 5.74) is 10.7. The fourth-order valence-corrected chi connectivity index (χ4v) is 4.18. The summed E-state index contributed by atoms with van der Waals surface area (Å²) >= 11 is 0. The van der Waals surface area contributed by atoms with Crippen molar-refractivity contribution in [2.45, 2.75) is 13.1 Å². The van der Waals surface area contributed by atoms with E-state index in [4.69, 9.17) is 10.5 Å². The van der Waals surface area contributed by atoms with Crippen LogP contribution in [0.1, 0.15) is 22.9 Å². The molecule has 0 fully saturated rings. The number of fused-ring (bicyclic) bond motifs is 1. The molecule has 0 bridgehead atoms. The van der Waals surface area contributed by atoms with E-state index in [1.807, 2.05) is 47.0 Å². The van der Waals surface area contributed by atoms with Gasteiger partial charge in [-0.1, -0.05) is 24.3 Å². The molecular weight excluding hydrogens is 465 g/mol. The number of para-hydroxylation sites is 2. The van der Waals surface area contributed by atoms with Crippen LogP contribution >= 0.6 is 0 Å². The van der Waals surface area contributed by atoms with Gasteiger partial charge < -0.3 is 21.6 Å². The molecule has 0 aliphatic carbocycles. The molecule has 5 rings (SSSR count). The van der Waals surface area contributed by atoms with Crippen LogP contribution in [-0.2, 0) is 13.1 Å². The molecule has 3 N–H and O–H groups in total. The third-order valence-corrected chi connectivity index (χ3v) is 5.96. The second-order valence-corrected chi connectivity index (χ2v) is 8.29. The van der Waals surface area contributed by atoms with E-state index < -0.39 is 5.97 Å². The normalized spacial score (nSPS) is 10.7. The maximum Gasteiger partial charge on any atom is 1.00 e. The predicted octanol–water partition coefficient (Wildman–Crippen LogP) is 0.762. The zero-order chi connectivity index (χ0) is 25.2. The Morgan fingerprint density at radius 3 is 2.62 bits per heavy atom. The van der Waals surface area contributed by atoms with Crippen LogP contribution in [0.2, 0.25) is 0 Å². The summed E-state index contributed by atoms with van der Waals surface area (Å²) in [6, 6.07) is 23.0. The van der Waals surface area contributed by atoms with Crippen LogP contribution in [-0.4, -0.2) is 37.5 Å². The molecule has 0 unspecified atom stereocenters. The molecule has 0 radical (unpaired) electrons. The molecule has 2 aromatic heterocycles. The number of rotatable bonds is 7. The zero-order valence-corrected chi connectivity index (χ0v) is 20.5. The van der Waals surface area contributed by atoms with Gasteiger partial charge >= 0.3 is 24.8 Å². The van der Waals surface area contributed by atoms with Gasteiger partial charge in [0.2, 0.25) is 5.95 Å². The summed E-state index contributed by atoms with van der Waals surface area (Å²) in [5.74, 6) is 0.0663. The van der Waals surface area contributed by atoms with E-state index in [2.05, 4.69) is 10.1 Å². The average molecular weight is 489 g/mol. The minimum absolute atomic E-state index is 0. The van der Waals surface area contributed by atoms with Crippen molar-refractivity contribution in [1.82, 2.24) is 19.3 Å². The standard InChI is InChI=1S/C27H23N5O4.Li.H/c1-36-24-11-9-18(14-20(24)16-31-23-8-3-2-7-22(23)29-27(31)28)21-10-12-25(33)32(30-21)15-17-5-4-6-19(13-17)26(34)35;;/h2-14H,15-16H2,1H3,(H2,28,29)(H,34,35);;/q;+1;-1. The Morgan fingerprint density at radius 2 is 1.84 bits per heavy atom. The molecule has 0 saturated heterocycles. The van der Waals surface area contributed by atoms with Crippen molar-refractivity contribution >= 4 is 23.0 Å². The molecule has 5 aromatic rings. The minimum atomic E-state index is -1.03. The number of carbonyl (C=O) groups is 1. The summed E-state index contributed by atoms with van der Waals surface area (Å²) in [6.07, 6.45) is 0. The number of benzene rings is 3. The molecular formula is C27H24LiN5O4. The number of methoxy groups -OCH3 is 1. The minimum Gasteiger partial charge on any atom is -1.00 e. The van der Waals surface area contributed by atoms with Crippen molar-refractivity contribution in [3.8, 4) is 17.0 Å². The Hall–Kier alpha value is -4.32. The van der Waals surface area contributed by atoms with E-state index in [1.54, 1.807) is 25.3 Å². The Balaban J connectivity index is 0.00000200. The quantitative estimate of drug-likeness (QED) is 0.324. The Bertz CT molecular complexity index is 1670. The zero-order valence-electron chi connectivity index (χ0n) is 21.5. The van der Waals surface area contributed by atoms with Gasteiger partial charge in [-0.25, -0.2) is 14.5 Å². The maximum absolute atomic E-state index is 12.5. The number of hydrogen-bond donors (Lipinski definition) is 2. The topological polar surface area (TPSA) is 125 Å². The summed E-state index contributed by atoms with van der Waals surface area (Å²) in [4.78, 5) is 28.2. The third-order valence-electron chi connectivity index (χ3n) is 5.96. The number of hydrogen-bond acceptors (Lipinski definition) is 6. The molecule has 0 saturated carbocycles. The van der Waals surface area contributed by atoms with Gasteiger partial charge in [-0.3, -0.25) is 4.79 Å². The Labute approximate surface area is 225 Å². The molecule has 37 heavy (non-hydrogen) atoms. The molecule has 0 aliphatic rings. The number of anilines is 1. The molecule has 10 heteroatoms. The fraction of sp³-hybridized carbons (Fsp3) is 0.111. The summed E-state index contributed by atoms with van der Waals surface area (Å²) in [5, 5.41) is 13.8. The number of aromatic carboxylic acids is 1. The number of carboxylic acids is 1. The van der Waals surface area contributed by atoms with Crippen LogP contribution in [0.15, 0.2) is 83.7 Å². The van der Waals surface area contributed by atoms with Crippen LogP contribution < -0.4 is 34.9 Å². The van der Waals surface area contributed by atoms with Crippen molar-refractivity contribution in [3.63, 3.8) is 0 Å². The van der Waals surface area contributed by atoms with E-state index in [-0.39, 0.29) is 38.0 Å². The van der Waals surface area contributed by atoms with Crippen molar-refractivity contribution in [1.29, 1.82) is 0 Å². The number of nitrogen functional groups attached to an aromatic ring is 1. The Kier molecular flexibility index (Phi) is 7.48.